The van der Waals surface area contributed by atoms with E-state index in [1.165, 1.54) is 141 Å². The molecule has 14 aromatic carbocycles. The number of fused-ring (bicyclic) bond motifs is 14. The molecule has 2 heteroatoms. The zero-order chi connectivity index (χ0) is 44.2. The highest BCUT2D eigenvalue weighted by Crippen LogP contribution is 2.55. The first-order valence-corrected chi connectivity index (χ1v) is 23.7. The third-order valence-corrected chi connectivity index (χ3v) is 15.3. The predicted octanol–water partition coefficient (Wildman–Crippen LogP) is 18.2. The summed E-state index contributed by atoms with van der Waals surface area (Å²) in [6.45, 7) is 0. The standard InChI is InChI=1S/C66H38N2/c1-3-18-42(19-4-1)67-56-30-11-9-24-46(56)52-36-40(32-34-58(52)67)61-55-38-54-45-23-8-7-22-44(45)48-26-15-29-51(63(48)54)64(55)62(66-50-28-14-17-39-16-13-27-49(60(39)50)65(61)66)41-33-35-59-53(37-41)47-25-10-12-31-57(47)68(59)43-20-5-2-6-21-43/h1-38H. The molecule has 0 aliphatic rings. The van der Waals surface area contributed by atoms with Gasteiger partial charge in [-0.1, -0.05) is 164 Å². The second-order valence-corrected chi connectivity index (χ2v) is 18.7. The van der Waals surface area contributed by atoms with Crippen LogP contribution in [0.25, 0.3) is 153 Å². The Kier molecular flexibility index (Phi) is 7.10. The van der Waals surface area contributed by atoms with Gasteiger partial charge in [0.1, 0.15) is 0 Å². The summed E-state index contributed by atoms with van der Waals surface area (Å²) in [5.41, 5.74) is 12.2. The summed E-state index contributed by atoms with van der Waals surface area (Å²) in [5.74, 6) is 0. The molecule has 0 spiro atoms. The molecule has 16 rings (SSSR count). The van der Waals surface area contributed by atoms with Gasteiger partial charge in [-0.15, -0.1) is 0 Å². The Bertz CT molecular complexity index is 4760. The van der Waals surface area contributed by atoms with E-state index in [9.17, 15) is 0 Å². The van der Waals surface area contributed by atoms with Crippen LogP contribution in [0.2, 0.25) is 0 Å². The zero-order valence-electron chi connectivity index (χ0n) is 36.8. The lowest BCUT2D eigenvalue weighted by Crippen LogP contribution is -1.94. The highest BCUT2D eigenvalue weighted by molar-refractivity contribution is 6.45. The Morgan fingerprint density at radius 3 is 1.22 bits per heavy atom. The first-order valence-electron chi connectivity index (χ1n) is 23.7. The number of benzene rings is 12. The Morgan fingerprint density at radius 2 is 0.632 bits per heavy atom. The molecule has 0 saturated carbocycles. The smallest absolute Gasteiger partial charge is 0.0541 e. The minimum absolute atomic E-state index is 1.16. The van der Waals surface area contributed by atoms with Crippen molar-refractivity contribution < 1.29 is 0 Å². The number of aromatic nitrogens is 2. The van der Waals surface area contributed by atoms with Gasteiger partial charge in [0.05, 0.1) is 22.1 Å². The molecule has 0 aliphatic heterocycles. The molecule has 0 unspecified atom stereocenters. The Hall–Kier alpha value is -8.98. The summed E-state index contributed by atoms with van der Waals surface area (Å²) in [6, 6.07) is 86.4. The lowest BCUT2D eigenvalue weighted by atomic mass is 9.83. The average Bonchev–Trinajstić information content (AvgIpc) is 4.13. The quantitative estimate of drug-likeness (QED) is 0.156. The first-order chi connectivity index (χ1) is 33.8. The van der Waals surface area contributed by atoms with Gasteiger partial charge in [-0.2, -0.15) is 0 Å². The average molecular weight is 859 g/mol. The van der Waals surface area contributed by atoms with E-state index >= 15 is 0 Å². The molecule has 2 aromatic heterocycles. The van der Waals surface area contributed by atoms with Crippen molar-refractivity contribution in [2.24, 2.45) is 0 Å². The fourth-order valence-corrected chi connectivity index (χ4v) is 12.7. The predicted molar refractivity (Wildman–Crippen MR) is 291 cm³/mol. The Labute approximate surface area is 390 Å². The van der Waals surface area contributed by atoms with Gasteiger partial charge in [-0.25, -0.2) is 0 Å². The van der Waals surface area contributed by atoms with Crippen molar-refractivity contribution in [1.82, 2.24) is 9.13 Å². The third-order valence-electron chi connectivity index (χ3n) is 15.3. The highest BCUT2D eigenvalue weighted by Gasteiger charge is 2.27. The normalized spacial score (nSPS) is 12.4. The minimum Gasteiger partial charge on any atom is -0.309 e. The van der Waals surface area contributed by atoms with E-state index < -0.39 is 0 Å². The molecule has 0 radical (unpaired) electrons. The summed E-state index contributed by atoms with van der Waals surface area (Å²) < 4.78 is 4.85. The van der Waals surface area contributed by atoms with Crippen LogP contribution in [0.1, 0.15) is 0 Å². The maximum atomic E-state index is 2.56. The molecule has 68 heavy (non-hydrogen) atoms. The van der Waals surface area contributed by atoms with Crippen LogP contribution in [0.3, 0.4) is 0 Å². The van der Waals surface area contributed by atoms with Crippen LogP contribution >= 0.6 is 0 Å². The van der Waals surface area contributed by atoms with E-state index in [-0.39, 0.29) is 0 Å². The van der Waals surface area contributed by atoms with E-state index in [0.717, 1.165) is 11.4 Å². The molecule has 16 aromatic rings. The van der Waals surface area contributed by atoms with E-state index in [2.05, 4.69) is 240 Å². The number of rotatable bonds is 4. The molecule has 0 amide bonds. The number of hydrogen-bond acceptors (Lipinski definition) is 0. The Morgan fingerprint density at radius 1 is 0.206 bits per heavy atom. The van der Waals surface area contributed by atoms with Gasteiger partial charge in [-0.05, 0) is 164 Å². The number of para-hydroxylation sites is 4. The molecule has 0 N–H and O–H groups in total. The van der Waals surface area contributed by atoms with E-state index in [1.807, 2.05) is 0 Å². The topological polar surface area (TPSA) is 9.86 Å². The fourth-order valence-electron chi connectivity index (χ4n) is 12.7. The van der Waals surface area contributed by atoms with Crippen LogP contribution in [-0.4, -0.2) is 9.13 Å². The molecule has 0 saturated heterocycles. The maximum absolute atomic E-state index is 2.56. The molecule has 2 nitrogen and oxygen atoms in total. The van der Waals surface area contributed by atoms with Crippen LogP contribution < -0.4 is 0 Å². The van der Waals surface area contributed by atoms with E-state index in [4.69, 9.17) is 0 Å². The largest absolute Gasteiger partial charge is 0.309 e. The van der Waals surface area contributed by atoms with Crippen molar-refractivity contribution >= 4 is 119 Å². The van der Waals surface area contributed by atoms with Crippen LogP contribution in [0.15, 0.2) is 231 Å². The molecule has 0 bridgehead atoms. The van der Waals surface area contributed by atoms with Crippen LogP contribution in [0.5, 0.6) is 0 Å². The SMILES string of the molecule is c1ccc(-n2c3ccccc3c3cc(-c4c5cc6c7ccccc7c7cccc(c5c(-c5ccc8c(c5)c5ccccc5n8-c5ccccc5)c5c8cccc9cccc(c45)c98)c76)ccc32)cc1. The lowest BCUT2D eigenvalue weighted by molar-refractivity contribution is 1.18. The molecular formula is C66H38N2. The maximum Gasteiger partial charge on any atom is 0.0541 e. The van der Waals surface area contributed by atoms with Crippen LogP contribution in [0.4, 0.5) is 0 Å². The van der Waals surface area contributed by atoms with Crippen molar-refractivity contribution in [3.63, 3.8) is 0 Å². The lowest BCUT2D eigenvalue weighted by Gasteiger charge is -2.19. The van der Waals surface area contributed by atoms with Gasteiger partial charge < -0.3 is 9.13 Å². The van der Waals surface area contributed by atoms with Crippen molar-refractivity contribution in [2.75, 3.05) is 0 Å². The van der Waals surface area contributed by atoms with Gasteiger partial charge in [-0.3, -0.25) is 0 Å². The van der Waals surface area contributed by atoms with Crippen molar-refractivity contribution in [2.45, 2.75) is 0 Å². The zero-order valence-corrected chi connectivity index (χ0v) is 36.8. The van der Waals surface area contributed by atoms with Crippen molar-refractivity contribution in [3.05, 3.63) is 231 Å². The van der Waals surface area contributed by atoms with E-state index in [1.54, 1.807) is 0 Å². The van der Waals surface area contributed by atoms with Gasteiger partial charge in [0, 0.05) is 32.9 Å². The monoisotopic (exact) mass is 858 g/mol. The summed E-state index contributed by atoms with van der Waals surface area (Å²) in [5, 5.41) is 23.2. The highest BCUT2D eigenvalue weighted by atomic mass is 15.0. The van der Waals surface area contributed by atoms with E-state index in [0.29, 0.717) is 0 Å². The van der Waals surface area contributed by atoms with Gasteiger partial charge in [0.2, 0.25) is 0 Å². The van der Waals surface area contributed by atoms with Gasteiger partial charge >= 0.3 is 0 Å². The molecule has 0 fully saturated rings. The molecule has 312 valence electrons. The molecule has 0 aliphatic carbocycles. The second-order valence-electron chi connectivity index (χ2n) is 18.7. The summed E-state index contributed by atoms with van der Waals surface area (Å²) in [6.07, 6.45) is 0. The fraction of sp³-hybridized carbons (Fsp3) is 0. The minimum atomic E-state index is 1.16. The molecule has 0 atom stereocenters. The molecular weight excluding hydrogens is 821 g/mol. The summed E-state index contributed by atoms with van der Waals surface area (Å²) in [4.78, 5) is 0. The number of nitrogens with zero attached hydrogens (tertiary/aromatic N) is 2. The van der Waals surface area contributed by atoms with Crippen molar-refractivity contribution in [1.29, 1.82) is 0 Å². The second kappa shape index (κ2) is 13.3. The summed E-state index contributed by atoms with van der Waals surface area (Å²) in [7, 11) is 0. The molecule has 2 heterocycles. The summed E-state index contributed by atoms with van der Waals surface area (Å²) >= 11 is 0. The number of hydrogen-bond donors (Lipinski definition) is 0. The Balaban J connectivity index is 1.13. The third kappa shape index (κ3) is 4.66. The van der Waals surface area contributed by atoms with Gasteiger partial charge in [0.25, 0.3) is 0 Å². The van der Waals surface area contributed by atoms with Gasteiger partial charge in [0.15, 0.2) is 0 Å². The van der Waals surface area contributed by atoms with Crippen molar-refractivity contribution in [3.8, 4) is 33.6 Å². The van der Waals surface area contributed by atoms with Crippen LogP contribution in [0, 0.1) is 0 Å². The first kappa shape index (κ1) is 36.3. The van der Waals surface area contributed by atoms with Crippen LogP contribution in [-0.2, 0) is 0 Å².